The van der Waals surface area contributed by atoms with Crippen LogP contribution in [0.3, 0.4) is 0 Å². The molecular formula is C11H22N2O2. The van der Waals surface area contributed by atoms with E-state index in [1.807, 2.05) is 6.92 Å². The first-order valence-corrected chi connectivity index (χ1v) is 5.59. The Hall–Kier alpha value is -1.06. The molecule has 0 aromatic rings. The molecule has 2 amide bonds. The fourth-order valence-corrected chi connectivity index (χ4v) is 1.01. The molecule has 2 N–H and O–H groups in total. The summed E-state index contributed by atoms with van der Waals surface area (Å²) >= 11 is 0. The second-order valence-electron chi connectivity index (χ2n) is 4.06. The quantitative estimate of drug-likeness (QED) is 0.666. The average molecular weight is 214 g/mol. The van der Waals surface area contributed by atoms with Crippen LogP contribution in [0.25, 0.3) is 0 Å². The Balaban J connectivity index is 3.49. The van der Waals surface area contributed by atoms with Gasteiger partial charge in [0, 0.05) is 13.0 Å². The zero-order valence-electron chi connectivity index (χ0n) is 9.93. The molecule has 0 aliphatic rings. The van der Waals surface area contributed by atoms with Crippen LogP contribution in [-0.2, 0) is 9.59 Å². The molecule has 0 rings (SSSR count). The van der Waals surface area contributed by atoms with E-state index in [0.29, 0.717) is 18.9 Å². The van der Waals surface area contributed by atoms with E-state index in [4.69, 9.17) is 0 Å². The van der Waals surface area contributed by atoms with Gasteiger partial charge in [0.05, 0.1) is 6.54 Å². The number of hydrogen-bond acceptors (Lipinski definition) is 2. The molecule has 0 unspecified atom stereocenters. The van der Waals surface area contributed by atoms with E-state index in [2.05, 4.69) is 24.5 Å². The Bertz CT molecular complexity index is 203. The van der Waals surface area contributed by atoms with Gasteiger partial charge in [-0.2, -0.15) is 0 Å². The van der Waals surface area contributed by atoms with Gasteiger partial charge < -0.3 is 10.6 Å². The molecule has 0 saturated carbocycles. The number of rotatable bonds is 7. The van der Waals surface area contributed by atoms with Crippen molar-refractivity contribution in [1.82, 2.24) is 10.6 Å². The van der Waals surface area contributed by atoms with E-state index in [1.54, 1.807) is 0 Å². The summed E-state index contributed by atoms with van der Waals surface area (Å²) in [6.07, 6.45) is 2.27. The number of hydrogen-bond donors (Lipinski definition) is 2. The van der Waals surface area contributed by atoms with Crippen LogP contribution in [0.4, 0.5) is 0 Å². The van der Waals surface area contributed by atoms with Crippen LogP contribution in [0.5, 0.6) is 0 Å². The topological polar surface area (TPSA) is 58.2 Å². The van der Waals surface area contributed by atoms with Crippen molar-refractivity contribution < 1.29 is 9.59 Å². The van der Waals surface area contributed by atoms with Crippen LogP contribution in [0, 0.1) is 5.92 Å². The van der Waals surface area contributed by atoms with Gasteiger partial charge in [-0.1, -0.05) is 20.8 Å². The second kappa shape index (κ2) is 8.26. The van der Waals surface area contributed by atoms with Crippen molar-refractivity contribution in [3.8, 4) is 0 Å². The highest BCUT2D eigenvalue weighted by Gasteiger charge is 2.05. The van der Waals surface area contributed by atoms with Crippen molar-refractivity contribution >= 4 is 11.8 Å². The monoisotopic (exact) mass is 214 g/mol. The first kappa shape index (κ1) is 13.9. The molecule has 15 heavy (non-hydrogen) atoms. The summed E-state index contributed by atoms with van der Waals surface area (Å²) < 4.78 is 0. The van der Waals surface area contributed by atoms with Gasteiger partial charge in [0.1, 0.15) is 0 Å². The Kier molecular flexibility index (Phi) is 7.68. The van der Waals surface area contributed by atoms with E-state index in [1.165, 1.54) is 0 Å². The third kappa shape index (κ3) is 9.25. The van der Waals surface area contributed by atoms with Gasteiger partial charge in [0.2, 0.25) is 11.8 Å². The lowest BCUT2D eigenvalue weighted by atomic mass is 10.1. The average Bonchev–Trinajstić information content (AvgIpc) is 2.20. The van der Waals surface area contributed by atoms with Gasteiger partial charge in [0.25, 0.3) is 0 Å². The predicted molar refractivity (Wildman–Crippen MR) is 60.4 cm³/mol. The summed E-state index contributed by atoms with van der Waals surface area (Å²) in [6, 6.07) is 0. The third-order valence-corrected chi connectivity index (χ3v) is 1.97. The standard InChI is InChI=1S/C11H22N2O2/c1-4-7-12-11(15)8-13-10(14)6-5-9(2)3/h9H,4-8H2,1-3H3,(H,12,15)(H,13,14). The summed E-state index contributed by atoms with van der Waals surface area (Å²) in [5.41, 5.74) is 0. The van der Waals surface area contributed by atoms with Crippen molar-refractivity contribution in [2.75, 3.05) is 13.1 Å². The van der Waals surface area contributed by atoms with Crippen molar-refractivity contribution in [2.45, 2.75) is 40.0 Å². The normalized spacial score (nSPS) is 10.1. The molecule has 0 bridgehead atoms. The smallest absolute Gasteiger partial charge is 0.239 e. The number of carbonyl (C=O) groups excluding carboxylic acids is 2. The van der Waals surface area contributed by atoms with Gasteiger partial charge in [-0.25, -0.2) is 0 Å². The molecule has 0 heterocycles. The van der Waals surface area contributed by atoms with Crippen LogP contribution in [-0.4, -0.2) is 24.9 Å². The number of carbonyl (C=O) groups is 2. The minimum Gasteiger partial charge on any atom is -0.355 e. The summed E-state index contributed by atoms with van der Waals surface area (Å²) in [5, 5.41) is 5.29. The van der Waals surface area contributed by atoms with Crippen molar-refractivity contribution in [3.63, 3.8) is 0 Å². The SMILES string of the molecule is CCCNC(=O)CNC(=O)CCC(C)C. The highest BCUT2D eigenvalue weighted by Crippen LogP contribution is 2.02. The number of amides is 2. The molecular weight excluding hydrogens is 192 g/mol. The van der Waals surface area contributed by atoms with Gasteiger partial charge in [0.15, 0.2) is 0 Å². The molecule has 88 valence electrons. The molecule has 0 radical (unpaired) electrons. The highest BCUT2D eigenvalue weighted by molar-refractivity contribution is 5.84. The Morgan fingerprint density at radius 2 is 1.80 bits per heavy atom. The fraction of sp³-hybridized carbons (Fsp3) is 0.818. The predicted octanol–water partition coefficient (Wildman–Crippen LogP) is 1.06. The minimum atomic E-state index is -0.116. The largest absolute Gasteiger partial charge is 0.355 e. The maximum atomic E-state index is 11.2. The molecule has 0 atom stereocenters. The van der Waals surface area contributed by atoms with E-state index < -0.39 is 0 Å². The zero-order valence-corrected chi connectivity index (χ0v) is 9.93. The third-order valence-electron chi connectivity index (χ3n) is 1.97. The molecule has 4 nitrogen and oxygen atoms in total. The van der Waals surface area contributed by atoms with Crippen LogP contribution in [0.2, 0.25) is 0 Å². The van der Waals surface area contributed by atoms with Crippen molar-refractivity contribution in [1.29, 1.82) is 0 Å². The number of nitrogens with one attached hydrogen (secondary N) is 2. The maximum Gasteiger partial charge on any atom is 0.239 e. The van der Waals surface area contributed by atoms with Crippen molar-refractivity contribution in [3.05, 3.63) is 0 Å². The molecule has 4 heteroatoms. The highest BCUT2D eigenvalue weighted by atomic mass is 16.2. The van der Waals surface area contributed by atoms with Gasteiger partial charge in [-0.15, -0.1) is 0 Å². The molecule has 0 aromatic heterocycles. The minimum absolute atomic E-state index is 0.0460. The molecule has 0 aliphatic carbocycles. The molecule has 0 aliphatic heterocycles. The van der Waals surface area contributed by atoms with E-state index in [0.717, 1.165) is 12.8 Å². The maximum absolute atomic E-state index is 11.2. The van der Waals surface area contributed by atoms with Crippen LogP contribution in [0.1, 0.15) is 40.0 Å². The van der Waals surface area contributed by atoms with Gasteiger partial charge >= 0.3 is 0 Å². The van der Waals surface area contributed by atoms with Crippen LogP contribution >= 0.6 is 0 Å². The van der Waals surface area contributed by atoms with Crippen LogP contribution in [0.15, 0.2) is 0 Å². The summed E-state index contributed by atoms with van der Waals surface area (Å²) in [6.45, 7) is 6.89. The van der Waals surface area contributed by atoms with Gasteiger partial charge in [-0.05, 0) is 18.8 Å². The summed E-state index contributed by atoms with van der Waals surface area (Å²) in [7, 11) is 0. The molecule has 0 saturated heterocycles. The Morgan fingerprint density at radius 3 is 2.33 bits per heavy atom. The van der Waals surface area contributed by atoms with E-state index >= 15 is 0 Å². The fourth-order valence-electron chi connectivity index (χ4n) is 1.01. The Morgan fingerprint density at radius 1 is 1.13 bits per heavy atom. The lowest BCUT2D eigenvalue weighted by molar-refractivity contribution is -0.126. The lowest BCUT2D eigenvalue weighted by Gasteiger charge is -2.07. The van der Waals surface area contributed by atoms with E-state index in [9.17, 15) is 9.59 Å². The first-order valence-electron chi connectivity index (χ1n) is 5.59. The summed E-state index contributed by atoms with van der Waals surface area (Å²) in [4.78, 5) is 22.4. The van der Waals surface area contributed by atoms with Crippen LogP contribution < -0.4 is 10.6 Å². The molecule has 0 spiro atoms. The zero-order chi connectivity index (χ0) is 11.7. The van der Waals surface area contributed by atoms with Crippen molar-refractivity contribution in [2.24, 2.45) is 5.92 Å². The van der Waals surface area contributed by atoms with E-state index in [-0.39, 0.29) is 18.4 Å². The molecule has 0 aromatic carbocycles. The summed E-state index contributed by atoms with van der Waals surface area (Å²) in [5.74, 6) is 0.356. The Labute approximate surface area is 91.8 Å². The molecule has 0 fully saturated rings. The first-order chi connectivity index (χ1) is 7.06. The van der Waals surface area contributed by atoms with Gasteiger partial charge in [-0.3, -0.25) is 9.59 Å². The second-order valence-corrected chi connectivity index (χ2v) is 4.06. The lowest BCUT2D eigenvalue weighted by Crippen LogP contribution is -2.37.